The van der Waals surface area contributed by atoms with Gasteiger partial charge in [0.2, 0.25) is 0 Å². The Hall–Kier alpha value is -2.30. The summed E-state index contributed by atoms with van der Waals surface area (Å²) in [6.07, 6.45) is 3.11. The fraction of sp³-hybridized carbons (Fsp3) is 0.231. The number of benzene rings is 1. The first-order chi connectivity index (χ1) is 8.72. The van der Waals surface area contributed by atoms with Crippen LogP contribution in [0.3, 0.4) is 0 Å². The summed E-state index contributed by atoms with van der Waals surface area (Å²) in [4.78, 5) is 13.9. The first-order valence-electron chi connectivity index (χ1n) is 5.80. The largest absolute Gasteiger partial charge is 0.464 e. The molecule has 0 fully saturated rings. The lowest BCUT2D eigenvalue weighted by Gasteiger charge is -2.08. The van der Waals surface area contributed by atoms with Crippen molar-refractivity contribution < 1.29 is 9.90 Å². The maximum absolute atomic E-state index is 10.7. The molecule has 0 aliphatic heterocycles. The van der Waals surface area contributed by atoms with Gasteiger partial charge in [-0.25, -0.2) is 4.79 Å². The van der Waals surface area contributed by atoms with Crippen LogP contribution in [0.15, 0.2) is 35.6 Å². The van der Waals surface area contributed by atoms with Gasteiger partial charge in [0.1, 0.15) is 0 Å². The molecule has 2 N–H and O–H groups in total. The van der Waals surface area contributed by atoms with Crippen LogP contribution in [0.5, 0.6) is 0 Å². The van der Waals surface area contributed by atoms with Crippen LogP contribution >= 0.6 is 0 Å². The molecule has 0 radical (unpaired) electrons. The molecule has 0 saturated heterocycles. The van der Waals surface area contributed by atoms with Crippen molar-refractivity contribution in [1.82, 2.24) is 9.99 Å². The summed E-state index contributed by atoms with van der Waals surface area (Å²) in [6.45, 7) is 2.09. The van der Waals surface area contributed by atoms with E-state index in [4.69, 9.17) is 5.11 Å². The van der Waals surface area contributed by atoms with Crippen molar-refractivity contribution in [2.45, 2.75) is 13.3 Å². The van der Waals surface area contributed by atoms with Gasteiger partial charge < -0.3 is 10.1 Å². The predicted molar refractivity (Wildman–Crippen MR) is 70.9 cm³/mol. The minimum absolute atomic E-state index is 0.347. The molecule has 0 aliphatic rings. The van der Waals surface area contributed by atoms with Crippen LogP contribution in [0.4, 0.5) is 4.79 Å². The third-order valence-corrected chi connectivity index (χ3v) is 2.73. The molecule has 0 bridgehead atoms. The van der Waals surface area contributed by atoms with Crippen molar-refractivity contribution in [3.8, 4) is 0 Å². The summed E-state index contributed by atoms with van der Waals surface area (Å²) in [7, 11) is 0. The van der Waals surface area contributed by atoms with E-state index in [0.29, 0.717) is 13.0 Å². The highest BCUT2D eigenvalue weighted by Gasteiger charge is 2.06. The van der Waals surface area contributed by atoms with Crippen LogP contribution in [0, 0.1) is 0 Å². The van der Waals surface area contributed by atoms with E-state index < -0.39 is 6.09 Å². The molecule has 5 nitrogen and oxygen atoms in total. The van der Waals surface area contributed by atoms with Crippen LogP contribution in [0.1, 0.15) is 12.5 Å². The number of para-hydroxylation sites is 1. The Bertz CT molecular complexity index is 574. The van der Waals surface area contributed by atoms with Gasteiger partial charge in [-0.3, -0.25) is 0 Å². The van der Waals surface area contributed by atoms with Gasteiger partial charge in [-0.15, -0.1) is 0 Å². The number of carboxylic acid groups (broad SMARTS) is 1. The second kappa shape index (κ2) is 5.35. The van der Waals surface area contributed by atoms with Gasteiger partial charge in [-0.2, -0.15) is 10.1 Å². The Morgan fingerprint density at radius 1 is 1.50 bits per heavy atom. The molecule has 2 rings (SSSR count). The van der Waals surface area contributed by atoms with Crippen molar-refractivity contribution in [1.29, 1.82) is 0 Å². The van der Waals surface area contributed by atoms with E-state index in [9.17, 15) is 4.79 Å². The monoisotopic (exact) mass is 245 g/mol. The van der Waals surface area contributed by atoms with Crippen LogP contribution < -0.4 is 0 Å². The van der Waals surface area contributed by atoms with E-state index >= 15 is 0 Å². The van der Waals surface area contributed by atoms with E-state index in [2.05, 4.69) is 10.1 Å². The third kappa shape index (κ3) is 2.51. The normalized spacial score (nSPS) is 11.2. The van der Waals surface area contributed by atoms with Gasteiger partial charge in [-0.1, -0.05) is 18.2 Å². The predicted octanol–water partition coefficient (Wildman–Crippen LogP) is 2.70. The highest BCUT2D eigenvalue weighted by molar-refractivity contribution is 5.85. The minimum Gasteiger partial charge on any atom is -0.464 e. The smallest absolute Gasteiger partial charge is 0.427 e. The number of nitrogens with one attached hydrogen (secondary N) is 1. The zero-order valence-electron chi connectivity index (χ0n) is 10.1. The van der Waals surface area contributed by atoms with Gasteiger partial charge in [0.25, 0.3) is 0 Å². The molecular formula is C13H15N3O2. The SMILES string of the molecule is CCN(N=CCc1c[nH]c2ccccc12)C(=O)O. The highest BCUT2D eigenvalue weighted by atomic mass is 16.4. The lowest BCUT2D eigenvalue weighted by atomic mass is 10.1. The van der Waals surface area contributed by atoms with Crippen LogP contribution in [0.25, 0.3) is 10.9 Å². The summed E-state index contributed by atoms with van der Waals surface area (Å²) >= 11 is 0. The molecule has 18 heavy (non-hydrogen) atoms. The standard InChI is InChI=1S/C13H15N3O2/c1-2-16(13(17)18)15-8-7-10-9-14-12-6-4-3-5-11(10)12/h3-6,8-9,14H,2,7H2,1H3,(H,17,18). The number of rotatable bonds is 4. The number of hydrazone groups is 1. The first kappa shape index (κ1) is 12.2. The number of H-pyrrole nitrogens is 1. The van der Waals surface area contributed by atoms with Crippen molar-refractivity contribution in [3.63, 3.8) is 0 Å². The van der Waals surface area contributed by atoms with Gasteiger partial charge in [0.05, 0.1) is 0 Å². The molecule has 2 aromatic rings. The second-order valence-corrected chi connectivity index (χ2v) is 3.86. The van der Waals surface area contributed by atoms with Crippen molar-refractivity contribution >= 4 is 23.2 Å². The zero-order chi connectivity index (χ0) is 13.0. The summed E-state index contributed by atoms with van der Waals surface area (Å²) in [5, 5.41) is 14.9. The van der Waals surface area contributed by atoms with E-state index in [1.54, 1.807) is 13.1 Å². The van der Waals surface area contributed by atoms with Crippen LogP contribution in [-0.2, 0) is 6.42 Å². The average molecular weight is 245 g/mol. The molecule has 1 amide bonds. The van der Waals surface area contributed by atoms with E-state index in [1.165, 1.54) is 0 Å². The molecule has 1 aromatic carbocycles. The van der Waals surface area contributed by atoms with Crippen molar-refractivity contribution in [3.05, 3.63) is 36.0 Å². The molecule has 1 aromatic heterocycles. The van der Waals surface area contributed by atoms with Gasteiger partial charge in [-0.05, 0) is 18.6 Å². The van der Waals surface area contributed by atoms with E-state index in [-0.39, 0.29) is 0 Å². The number of aromatic nitrogens is 1. The highest BCUT2D eigenvalue weighted by Crippen LogP contribution is 2.17. The third-order valence-electron chi connectivity index (χ3n) is 2.73. The molecule has 5 heteroatoms. The van der Waals surface area contributed by atoms with Gasteiger partial charge in [0, 0.05) is 36.3 Å². The number of fused-ring (bicyclic) bond motifs is 1. The minimum atomic E-state index is -1.03. The molecule has 0 atom stereocenters. The number of hydrogen-bond acceptors (Lipinski definition) is 2. The number of aromatic amines is 1. The zero-order valence-corrected chi connectivity index (χ0v) is 10.1. The summed E-state index contributed by atoms with van der Waals surface area (Å²) < 4.78 is 0. The molecule has 1 heterocycles. The molecular weight excluding hydrogens is 230 g/mol. The quantitative estimate of drug-likeness (QED) is 0.642. The average Bonchev–Trinajstić information content (AvgIpc) is 2.78. The number of nitrogens with zero attached hydrogens (tertiary/aromatic N) is 2. The van der Waals surface area contributed by atoms with Crippen molar-refractivity contribution in [2.24, 2.45) is 5.10 Å². The Morgan fingerprint density at radius 3 is 3.00 bits per heavy atom. The Balaban J connectivity index is 2.10. The Kier molecular flexibility index (Phi) is 3.62. The van der Waals surface area contributed by atoms with Gasteiger partial charge in [0.15, 0.2) is 0 Å². The molecule has 0 aliphatic carbocycles. The lowest BCUT2D eigenvalue weighted by molar-refractivity contribution is 0.150. The van der Waals surface area contributed by atoms with E-state index in [1.807, 2.05) is 30.5 Å². The molecule has 94 valence electrons. The lowest BCUT2D eigenvalue weighted by Crippen LogP contribution is -2.23. The first-order valence-corrected chi connectivity index (χ1v) is 5.80. The number of hydrogen-bond donors (Lipinski definition) is 2. The summed E-state index contributed by atoms with van der Waals surface area (Å²) in [5.74, 6) is 0. The fourth-order valence-corrected chi connectivity index (χ4v) is 1.80. The number of carbonyl (C=O) groups is 1. The molecule has 0 unspecified atom stereocenters. The van der Waals surface area contributed by atoms with Crippen LogP contribution in [-0.4, -0.2) is 34.0 Å². The van der Waals surface area contributed by atoms with Crippen LogP contribution in [0.2, 0.25) is 0 Å². The maximum atomic E-state index is 10.7. The topological polar surface area (TPSA) is 68.7 Å². The fourth-order valence-electron chi connectivity index (χ4n) is 1.80. The molecule has 0 spiro atoms. The second-order valence-electron chi connectivity index (χ2n) is 3.86. The molecule has 0 saturated carbocycles. The maximum Gasteiger partial charge on any atom is 0.427 e. The number of amides is 1. The van der Waals surface area contributed by atoms with Gasteiger partial charge >= 0.3 is 6.09 Å². The summed E-state index contributed by atoms with van der Waals surface area (Å²) in [5.41, 5.74) is 2.18. The van der Waals surface area contributed by atoms with E-state index in [0.717, 1.165) is 21.5 Å². The Labute approximate surface area is 105 Å². The van der Waals surface area contributed by atoms with Crippen molar-refractivity contribution in [2.75, 3.05) is 6.54 Å². The summed E-state index contributed by atoms with van der Waals surface area (Å²) in [6, 6.07) is 7.99. The Morgan fingerprint density at radius 2 is 2.28 bits per heavy atom.